The smallest absolute Gasteiger partial charge is 0.0672 e. The summed E-state index contributed by atoms with van der Waals surface area (Å²) in [5, 5.41) is 4.23. The normalized spacial score (nSPS) is 27.6. The monoisotopic (exact) mass is 211 g/mol. The Balaban J connectivity index is 2.12. The average molecular weight is 212 g/mol. The number of benzene rings is 1. The van der Waals surface area contributed by atoms with E-state index in [1.54, 1.807) is 0 Å². The molecule has 1 aromatic rings. The van der Waals surface area contributed by atoms with E-state index in [1.165, 1.54) is 0 Å². The standard InChI is InChI=1S/C11H14ClNO/c1-8-6-13-11(7-14-8)9-4-2-3-5-10(9)12/h2-5,8,11,13H,6-7H2,1H3/t8-,11+/m0/s1. The van der Waals surface area contributed by atoms with Gasteiger partial charge in [0.25, 0.3) is 0 Å². The Morgan fingerprint density at radius 2 is 2.21 bits per heavy atom. The van der Waals surface area contributed by atoms with Crippen LogP contribution in [0.5, 0.6) is 0 Å². The predicted molar refractivity (Wildman–Crippen MR) is 57.6 cm³/mol. The van der Waals surface area contributed by atoms with Crippen LogP contribution >= 0.6 is 11.6 Å². The molecule has 0 spiro atoms. The number of hydrogen-bond acceptors (Lipinski definition) is 2. The number of halogens is 1. The molecule has 2 atom stereocenters. The van der Waals surface area contributed by atoms with E-state index in [0.717, 1.165) is 17.1 Å². The van der Waals surface area contributed by atoms with E-state index in [0.29, 0.717) is 12.7 Å². The van der Waals surface area contributed by atoms with Gasteiger partial charge in [0.2, 0.25) is 0 Å². The van der Waals surface area contributed by atoms with Crippen molar-refractivity contribution in [2.45, 2.75) is 19.1 Å². The summed E-state index contributed by atoms with van der Waals surface area (Å²) in [7, 11) is 0. The maximum Gasteiger partial charge on any atom is 0.0672 e. The van der Waals surface area contributed by atoms with Crippen LogP contribution in [0, 0.1) is 0 Å². The number of nitrogens with one attached hydrogen (secondary N) is 1. The van der Waals surface area contributed by atoms with Crippen LogP contribution in [-0.2, 0) is 4.74 Å². The lowest BCUT2D eigenvalue weighted by molar-refractivity contribution is 0.0149. The quantitative estimate of drug-likeness (QED) is 0.770. The van der Waals surface area contributed by atoms with Gasteiger partial charge in [-0.2, -0.15) is 0 Å². The van der Waals surface area contributed by atoms with E-state index < -0.39 is 0 Å². The Kier molecular flexibility index (Phi) is 3.06. The zero-order valence-corrected chi connectivity index (χ0v) is 8.92. The van der Waals surface area contributed by atoms with Crippen molar-refractivity contribution in [1.29, 1.82) is 0 Å². The fourth-order valence-corrected chi connectivity index (χ4v) is 1.91. The second-order valence-corrected chi connectivity index (χ2v) is 4.03. The predicted octanol–water partition coefficient (Wildman–Crippen LogP) is 2.39. The molecule has 1 saturated heterocycles. The molecule has 1 fully saturated rings. The first kappa shape index (κ1) is 9.97. The molecule has 0 amide bonds. The summed E-state index contributed by atoms with van der Waals surface area (Å²) < 4.78 is 5.58. The minimum Gasteiger partial charge on any atom is -0.375 e. The third kappa shape index (κ3) is 2.08. The first-order valence-electron chi connectivity index (χ1n) is 4.87. The SMILES string of the molecule is C[C@H]1CN[C@@H](c2ccccc2Cl)CO1. The van der Waals surface area contributed by atoms with E-state index in [1.807, 2.05) is 24.3 Å². The van der Waals surface area contributed by atoms with Crippen LogP contribution < -0.4 is 5.32 Å². The molecule has 0 bridgehead atoms. The molecule has 2 rings (SSSR count). The molecule has 1 aromatic carbocycles. The third-order valence-corrected chi connectivity index (χ3v) is 2.82. The zero-order chi connectivity index (χ0) is 9.97. The lowest BCUT2D eigenvalue weighted by Crippen LogP contribution is -2.39. The highest BCUT2D eigenvalue weighted by atomic mass is 35.5. The highest BCUT2D eigenvalue weighted by molar-refractivity contribution is 6.31. The van der Waals surface area contributed by atoms with Gasteiger partial charge >= 0.3 is 0 Å². The van der Waals surface area contributed by atoms with E-state index in [4.69, 9.17) is 16.3 Å². The molecule has 0 unspecified atom stereocenters. The topological polar surface area (TPSA) is 21.3 Å². The Bertz CT molecular complexity index is 308. The van der Waals surface area contributed by atoms with Gasteiger partial charge in [-0.25, -0.2) is 0 Å². The highest BCUT2D eigenvalue weighted by Crippen LogP contribution is 2.24. The number of morpholine rings is 1. The summed E-state index contributed by atoms with van der Waals surface area (Å²) in [5.74, 6) is 0. The van der Waals surface area contributed by atoms with Gasteiger partial charge in [-0.15, -0.1) is 0 Å². The molecular formula is C11H14ClNO. The lowest BCUT2D eigenvalue weighted by atomic mass is 10.1. The van der Waals surface area contributed by atoms with Crippen LogP contribution in [-0.4, -0.2) is 19.3 Å². The average Bonchev–Trinajstić information content (AvgIpc) is 2.20. The van der Waals surface area contributed by atoms with Crippen LogP contribution in [0.1, 0.15) is 18.5 Å². The maximum atomic E-state index is 6.10. The molecule has 0 aliphatic carbocycles. The van der Waals surface area contributed by atoms with Gasteiger partial charge in [0.1, 0.15) is 0 Å². The number of ether oxygens (including phenoxy) is 1. The van der Waals surface area contributed by atoms with Crippen LogP contribution in [0.4, 0.5) is 0 Å². The first-order valence-corrected chi connectivity index (χ1v) is 5.24. The van der Waals surface area contributed by atoms with Crippen LogP contribution in [0.3, 0.4) is 0 Å². The fourth-order valence-electron chi connectivity index (χ4n) is 1.64. The highest BCUT2D eigenvalue weighted by Gasteiger charge is 2.20. The molecule has 1 N–H and O–H groups in total. The molecule has 0 saturated carbocycles. The zero-order valence-electron chi connectivity index (χ0n) is 8.16. The van der Waals surface area contributed by atoms with Crippen molar-refractivity contribution in [2.75, 3.05) is 13.2 Å². The van der Waals surface area contributed by atoms with Crippen molar-refractivity contribution in [3.63, 3.8) is 0 Å². The molecule has 1 heterocycles. The number of rotatable bonds is 1. The Morgan fingerprint density at radius 1 is 1.43 bits per heavy atom. The van der Waals surface area contributed by atoms with Crippen LogP contribution in [0.2, 0.25) is 5.02 Å². The summed E-state index contributed by atoms with van der Waals surface area (Å²) >= 11 is 6.10. The first-order chi connectivity index (χ1) is 6.77. The second kappa shape index (κ2) is 4.30. The summed E-state index contributed by atoms with van der Waals surface area (Å²) in [6.07, 6.45) is 0.300. The van der Waals surface area contributed by atoms with Crippen LogP contribution in [0.15, 0.2) is 24.3 Å². The fraction of sp³-hybridized carbons (Fsp3) is 0.455. The van der Waals surface area contributed by atoms with E-state index in [2.05, 4.69) is 12.2 Å². The molecular weight excluding hydrogens is 198 g/mol. The van der Waals surface area contributed by atoms with Gasteiger partial charge in [-0.1, -0.05) is 29.8 Å². The van der Waals surface area contributed by atoms with Crippen molar-refractivity contribution in [3.8, 4) is 0 Å². The van der Waals surface area contributed by atoms with Crippen molar-refractivity contribution in [1.82, 2.24) is 5.32 Å². The van der Waals surface area contributed by atoms with Crippen molar-refractivity contribution < 1.29 is 4.74 Å². The summed E-state index contributed by atoms with van der Waals surface area (Å²) in [4.78, 5) is 0. The Hall–Kier alpha value is -0.570. The van der Waals surface area contributed by atoms with Gasteiger partial charge < -0.3 is 10.1 Å². The van der Waals surface area contributed by atoms with Crippen molar-refractivity contribution >= 4 is 11.6 Å². The molecule has 3 heteroatoms. The molecule has 1 aliphatic rings. The van der Waals surface area contributed by atoms with Gasteiger partial charge in [0.05, 0.1) is 18.8 Å². The minimum atomic E-state index is 0.236. The number of hydrogen-bond donors (Lipinski definition) is 1. The summed E-state index contributed by atoms with van der Waals surface area (Å²) in [6.45, 7) is 3.65. The third-order valence-electron chi connectivity index (χ3n) is 2.48. The van der Waals surface area contributed by atoms with Gasteiger partial charge in [0.15, 0.2) is 0 Å². The van der Waals surface area contributed by atoms with Gasteiger partial charge in [-0.05, 0) is 18.6 Å². The molecule has 76 valence electrons. The van der Waals surface area contributed by atoms with Crippen LogP contribution in [0.25, 0.3) is 0 Å². The second-order valence-electron chi connectivity index (χ2n) is 3.63. The Labute approximate surface area is 89.2 Å². The molecule has 14 heavy (non-hydrogen) atoms. The lowest BCUT2D eigenvalue weighted by Gasteiger charge is -2.29. The van der Waals surface area contributed by atoms with Crippen molar-refractivity contribution in [3.05, 3.63) is 34.9 Å². The minimum absolute atomic E-state index is 0.236. The molecule has 0 aromatic heterocycles. The maximum absolute atomic E-state index is 6.10. The van der Waals surface area contributed by atoms with E-state index in [-0.39, 0.29) is 6.04 Å². The van der Waals surface area contributed by atoms with Gasteiger partial charge in [-0.3, -0.25) is 0 Å². The van der Waals surface area contributed by atoms with Gasteiger partial charge in [0, 0.05) is 11.6 Å². The Morgan fingerprint density at radius 3 is 2.86 bits per heavy atom. The summed E-state index contributed by atoms with van der Waals surface area (Å²) in [5.41, 5.74) is 1.13. The molecule has 1 aliphatic heterocycles. The largest absolute Gasteiger partial charge is 0.375 e. The van der Waals surface area contributed by atoms with E-state index >= 15 is 0 Å². The summed E-state index contributed by atoms with van der Waals surface area (Å²) in [6, 6.07) is 8.13. The van der Waals surface area contributed by atoms with Crippen molar-refractivity contribution in [2.24, 2.45) is 0 Å². The van der Waals surface area contributed by atoms with E-state index in [9.17, 15) is 0 Å². The molecule has 0 radical (unpaired) electrons. The molecule has 2 nitrogen and oxygen atoms in total.